The first-order chi connectivity index (χ1) is 12.7. The number of nitrogens with zero attached hydrogens (tertiary/aromatic N) is 1. The molecule has 0 aliphatic carbocycles. The van der Waals surface area contributed by atoms with Crippen molar-refractivity contribution in [3.8, 4) is 17.2 Å². The van der Waals surface area contributed by atoms with Gasteiger partial charge in [0, 0.05) is 23.9 Å². The van der Waals surface area contributed by atoms with Crippen LogP contribution in [0.4, 0.5) is 5.69 Å². The third-order valence-corrected chi connectivity index (χ3v) is 5.12. The van der Waals surface area contributed by atoms with Crippen LogP contribution in [-0.4, -0.2) is 24.4 Å². The maximum atomic E-state index is 13.2. The fourth-order valence-electron chi connectivity index (χ4n) is 3.79. The van der Waals surface area contributed by atoms with E-state index in [2.05, 4.69) is 6.92 Å². The van der Waals surface area contributed by atoms with E-state index in [9.17, 15) is 9.90 Å². The Labute approximate surface area is 153 Å². The maximum Gasteiger partial charge on any atom is 0.239 e. The molecule has 5 nitrogen and oxygen atoms in total. The predicted octanol–water partition coefficient (Wildman–Crippen LogP) is 4.18. The molecule has 2 heterocycles. The summed E-state index contributed by atoms with van der Waals surface area (Å²) in [4.78, 5) is 15.1. The third kappa shape index (κ3) is 2.77. The minimum absolute atomic E-state index is 0.0110. The Hall–Kier alpha value is -2.69. The second-order valence-corrected chi connectivity index (χ2v) is 6.81. The molecule has 0 bridgehead atoms. The highest BCUT2D eigenvalue weighted by atomic mass is 16.7. The zero-order valence-corrected chi connectivity index (χ0v) is 14.9. The Morgan fingerprint density at radius 3 is 2.65 bits per heavy atom. The molecular formula is C21H23NO4. The fraction of sp³-hybridized carbons (Fsp3) is 0.381. The van der Waals surface area contributed by atoms with Crippen molar-refractivity contribution in [3.63, 3.8) is 0 Å². The van der Waals surface area contributed by atoms with E-state index in [1.807, 2.05) is 29.2 Å². The zero-order valence-electron chi connectivity index (χ0n) is 14.9. The molecule has 136 valence electrons. The van der Waals surface area contributed by atoms with E-state index >= 15 is 0 Å². The predicted molar refractivity (Wildman–Crippen MR) is 99.0 cm³/mol. The van der Waals surface area contributed by atoms with Gasteiger partial charge >= 0.3 is 0 Å². The van der Waals surface area contributed by atoms with Crippen molar-refractivity contribution in [3.05, 3.63) is 47.5 Å². The van der Waals surface area contributed by atoms with Crippen molar-refractivity contribution in [2.75, 3.05) is 18.2 Å². The summed E-state index contributed by atoms with van der Waals surface area (Å²) in [6, 6.07) is 11.1. The van der Waals surface area contributed by atoms with Crippen molar-refractivity contribution in [1.82, 2.24) is 0 Å². The van der Waals surface area contributed by atoms with Gasteiger partial charge in [0.25, 0.3) is 0 Å². The van der Waals surface area contributed by atoms with Gasteiger partial charge in [-0.2, -0.15) is 0 Å². The number of fused-ring (bicyclic) bond motifs is 2. The van der Waals surface area contributed by atoms with Crippen LogP contribution >= 0.6 is 0 Å². The quantitative estimate of drug-likeness (QED) is 0.792. The van der Waals surface area contributed by atoms with Gasteiger partial charge in [-0.3, -0.25) is 4.79 Å². The molecule has 0 spiro atoms. The molecule has 0 aromatic heterocycles. The van der Waals surface area contributed by atoms with Crippen LogP contribution < -0.4 is 14.4 Å². The number of carbonyl (C=O) groups excluding carboxylic acids is 1. The standard InChI is InChI=1S/C21H23NO4/c1-2-3-4-7-10-22-16-9-6-5-8-14(16)20(21(22)24)15-11-18-19(12-17(15)23)26-13-25-18/h5-6,8-9,11-12,20,23H,2-4,7,10,13H2,1H3. The van der Waals surface area contributed by atoms with Gasteiger partial charge < -0.3 is 19.5 Å². The summed E-state index contributed by atoms with van der Waals surface area (Å²) in [6.45, 7) is 3.02. The number of aromatic hydroxyl groups is 1. The highest BCUT2D eigenvalue weighted by Gasteiger charge is 2.39. The highest BCUT2D eigenvalue weighted by molar-refractivity contribution is 6.07. The lowest BCUT2D eigenvalue weighted by molar-refractivity contribution is -0.118. The molecule has 1 N–H and O–H groups in total. The molecule has 0 radical (unpaired) electrons. The Bertz CT molecular complexity index is 833. The summed E-state index contributed by atoms with van der Waals surface area (Å²) in [6.07, 6.45) is 4.43. The number of benzene rings is 2. The van der Waals surface area contributed by atoms with Gasteiger partial charge in [0.1, 0.15) is 5.75 Å². The number of hydrogen-bond donors (Lipinski definition) is 1. The molecular weight excluding hydrogens is 330 g/mol. The Morgan fingerprint density at radius 2 is 1.85 bits per heavy atom. The molecule has 1 amide bonds. The lowest BCUT2D eigenvalue weighted by Gasteiger charge is -2.18. The van der Waals surface area contributed by atoms with E-state index < -0.39 is 5.92 Å². The number of phenolic OH excluding ortho intramolecular Hbond substituents is 1. The largest absolute Gasteiger partial charge is 0.507 e. The normalized spacial score (nSPS) is 17.7. The Balaban J connectivity index is 1.68. The minimum Gasteiger partial charge on any atom is -0.507 e. The first-order valence-corrected chi connectivity index (χ1v) is 9.23. The van der Waals surface area contributed by atoms with E-state index in [-0.39, 0.29) is 18.4 Å². The van der Waals surface area contributed by atoms with Gasteiger partial charge in [0.2, 0.25) is 12.7 Å². The lowest BCUT2D eigenvalue weighted by atomic mass is 9.91. The van der Waals surface area contributed by atoms with Gasteiger partial charge in [-0.25, -0.2) is 0 Å². The summed E-state index contributed by atoms with van der Waals surface area (Å²) in [5, 5.41) is 10.5. The summed E-state index contributed by atoms with van der Waals surface area (Å²) in [7, 11) is 0. The second kappa shape index (κ2) is 6.90. The Kier molecular flexibility index (Phi) is 4.45. The SMILES string of the molecule is CCCCCCN1C(=O)C(c2cc3c(cc2O)OCO3)c2ccccc21. The van der Waals surface area contributed by atoms with Gasteiger partial charge in [-0.1, -0.05) is 44.4 Å². The molecule has 2 aliphatic heterocycles. The summed E-state index contributed by atoms with van der Waals surface area (Å²) < 4.78 is 10.8. The third-order valence-electron chi connectivity index (χ3n) is 5.12. The highest BCUT2D eigenvalue weighted by Crippen LogP contribution is 2.47. The van der Waals surface area contributed by atoms with Crippen LogP contribution in [0, 0.1) is 0 Å². The molecule has 26 heavy (non-hydrogen) atoms. The van der Waals surface area contributed by atoms with Gasteiger partial charge in [0.15, 0.2) is 11.5 Å². The van der Waals surface area contributed by atoms with Crippen molar-refractivity contribution >= 4 is 11.6 Å². The number of phenols is 1. The van der Waals surface area contributed by atoms with Crippen molar-refractivity contribution < 1.29 is 19.4 Å². The van der Waals surface area contributed by atoms with Crippen molar-refractivity contribution in [1.29, 1.82) is 0 Å². The number of anilines is 1. The van der Waals surface area contributed by atoms with Crippen LogP contribution in [0.25, 0.3) is 0 Å². The average Bonchev–Trinajstić information content (AvgIpc) is 3.20. The summed E-state index contributed by atoms with van der Waals surface area (Å²) in [5.74, 6) is 0.657. The second-order valence-electron chi connectivity index (χ2n) is 6.81. The molecule has 1 unspecified atom stereocenters. The molecule has 2 aliphatic rings. The number of para-hydroxylation sites is 1. The average molecular weight is 353 g/mol. The number of carbonyl (C=O) groups is 1. The number of amides is 1. The van der Waals surface area contributed by atoms with Crippen molar-refractivity contribution in [2.24, 2.45) is 0 Å². The van der Waals surface area contributed by atoms with E-state index in [0.29, 0.717) is 23.6 Å². The van der Waals surface area contributed by atoms with E-state index in [1.54, 1.807) is 6.07 Å². The van der Waals surface area contributed by atoms with Crippen LogP contribution in [0.15, 0.2) is 36.4 Å². The molecule has 2 aromatic carbocycles. The fourth-order valence-corrected chi connectivity index (χ4v) is 3.79. The van der Waals surface area contributed by atoms with Crippen LogP contribution in [0.2, 0.25) is 0 Å². The summed E-state index contributed by atoms with van der Waals surface area (Å²) in [5.41, 5.74) is 2.45. The lowest BCUT2D eigenvalue weighted by Crippen LogP contribution is -2.30. The van der Waals surface area contributed by atoms with Crippen LogP contribution in [0.1, 0.15) is 49.7 Å². The smallest absolute Gasteiger partial charge is 0.239 e. The molecule has 2 aromatic rings. The van der Waals surface area contributed by atoms with Gasteiger partial charge in [-0.15, -0.1) is 0 Å². The minimum atomic E-state index is -0.508. The molecule has 1 atom stereocenters. The number of ether oxygens (including phenoxy) is 2. The van der Waals surface area contributed by atoms with Crippen LogP contribution in [0.5, 0.6) is 17.2 Å². The molecule has 0 saturated carbocycles. The van der Waals surface area contributed by atoms with Crippen molar-refractivity contribution in [2.45, 2.75) is 38.5 Å². The van der Waals surface area contributed by atoms with E-state index in [1.165, 1.54) is 12.5 Å². The van der Waals surface area contributed by atoms with E-state index in [0.717, 1.165) is 30.5 Å². The topological polar surface area (TPSA) is 59.0 Å². The number of rotatable bonds is 6. The number of unbranched alkanes of at least 4 members (excludes halogenated alkanes) is 3. The van der Waals surface area contributed by atoms with Gasteiger partial charge in [0.05, 0.1) is 5.92 Å². The molecule has 5 heteroatoms. The van der Waals surface area contributed by atoms with Gasteiger partial charge in [-0.05, 0) is 24.1 Å². The molecule has 0 saturated heterocycles. The first-order valence-electron chi connectivity index (χ1n) is 9.23. The first kappa shape index (κ1) is 16.8. The molecule has 4 rings (SSSR count). The van der Waals surface area contributed by atoms with Crippen LogP contribution in [0.3, 0.4) is 0 Å². The zero-order chi connectivity index (χ0) is 18.1. The maximum absolute atomic E-state index is 13.2. The van der Waals surface area contributed by atoms with E-state index in [4.69, 9.17) is 9.47 Å². The van der Waals surface area contributed by atoms with Crippen LogP contribution in [-0.2, 0) is 4.79 Å². The number of hydrogen-bond acceptors (Lipinski definition) is 4. The monoisotopic (exact) mass is 353 g/mol. The molecule has 0 fully saturated rings. The summed E-state index contributed by atoms with van der Waals surface area (Å²) >= 11 is 0. The Morgan fingerprint density at radius 1 is 1.08 bits per heavy atom.